The van der Waals surface area contributed by atoms with Crippen LogP contribution >= 0.6 is 23.5 Å². The standard InChI is InChI=1S/C48H63N6O22P3S2/c1-47(2)34-26-32(80(67,68)69)19-21-36(34)52(5)40(47)15-12-16-41-48(3,4)35-27-33(81(70,71)72)20-22-37(35)53(41)25-11-7-9-18-42(56)49-23-10-6-8-17-43(57)50-24-13-14-31-29-54(46(59)51-45(31)58)44-28-38(55)39(74-44)30-73-78(63,64)76-79(65,66)75-77(60,61)62/h12,15-16,19-22,26-27,29,38-39,44H,6-11,17-18,23-25,28,30H2,1-5H3,(H,49,56)(H,50,57)(H,63,64)(H,65,66)(H,51,58,59)(H2,60,61,62)(H,67,68,69)(H,70,71,72)/p-5/t38-,39-,44-/m1/s1. The molecule has 4 heterocycles. The van der Waals surface area contributed by atoms with Crippen molar-refractivity contribution in [2.75, 3.05) is 38.2 Å². The number of ether oxygens (including phenoxy) is 1. The molecule has 0 saturated carbocycles. The van der Waals surface area contributed by atoms with Crippen LogP contribution < -0.4 is 46.6 Å². The number of fused-ring (bicyclic) bond motifs is 2. The van der Waals surface area contributed by atoms with Crippen molar-refractivity contribution >= 4 is 72.6 Å². The number of nitrogens with one attached hydrogen (secondary N) is 3. The number of anilines is 1. The SMILES string of the molecule is C[N+]1=C(C=CC=C2N(CCCCCC(=O)NCCCCCC(=O)NCC#Cc3cn([C@H]4C[C@@H]([O-])[C@@H](COP(=O)([O-])OP(=O)([O-])OP(=O)([O-])O)O4)c(=O)[nH]c3=O)c3ccc(S(=O)(=O)[O-])cc3C2(C)C)C(C)(C)c2cc(S(=O)(=O)[O-])ccc21. The van der Waals surface area contributed by atoms with Gasteiger partial charge >= 0.3 is 5.69 Å². The molecule has 6 rings (SSSR count). The second-order valence-corrected chi connectivity index (χ2v) is 27.1. The number of phosphoric acid groups is 3. The van der Waals surface area contributed by atoms with Gasteiger partial charge in [0.2, 0.25) is 17.5 Å². The number of aromatic amines is 1. The van der Waals surface area contributed by atoms with Gasteiger partial charge < -0.3 is 58.6 Å². The molecule has 444 valence electrons. The highest BCUT2D eigenvalue weighted by atomic mass is 32.2. The van der Waals surface area contributed by atoms with Gasteiger partial charge in [0.15, 0.2) is 5.71 Å². The third-order valence-electron chi connectivity index (χ3n) is 13.5. The van der Waals surface area contributed by atoms with Crippen molar-refractivity contribution in [3.8, 4) is 11.8 Å². The van der Waals surface area contributed by atoms with Crippen LogP contribution in [-0.4, -0.2) is 108 Å². The van der Waals surface area contributed by atoms with Gasteiger partial charge in [-0.3, -0.25) is 37.6 Å². The molecule has 1 fully saturated rings. The minimum Gasteiger partial charge on any atom is -0.850 e. The molecule has 3 aliphatic rings. The number of carbonyl (C=O) groups excluding carboxylic acids is 2. The topological polar surface area (TPSA) is 434 Å². The summed E-state index contributed by atoms with van der Waals surface area (Å²) >= 11 is 0. The van der Waals surface area contributed by atoms with Crippen molar-refractivity contribution in [1.82, 2.24) is 20.2 Å². The predicted molar refractivity (Wildman–Crippen MR) is 277 cm³/mol. The Balaban J connectivity index is 0.917. The highest BCUT2D eigenvalue weighted by Gasteiger charge is 2.44. The molecule has 28 nitrogen and oxygen atoms in total. The monoisotopic (exact) mass is 1230 g/mol. The Hall–Kier alpha value is -5.28. The fourth-order valence-electron chi connectivity index (χ4n) is 9.52. The number of H-pyrrole nitrogens is 1. The second kappa shape index (κ2) is 25.7. The molecule has 1 saturated heterocycles. The lowest BCUT2D eigenvalue weighted by Crippen LogP contribution is -2.37. The first-order valence-corrected chi connectivity index (χ1v) is 32.1. The number of rotatable bonds is 25. The molecule has 33 heteroatoms. The lowest BCUT2D eigenvalue weighted by Gasteiger charge is -2.33. The van der Waals surface area contributed by atoms with Crippen molar-refractivity contribution in [2.45, 2.75) is 125 Å². The first kappa shape index (κ1) is 64.9. The summed E-state index contributed by atoms with van der Waals surface area (Å²) in [5.74, 6) is 4.55. The fraction of sp³-hybridized carbons (Fsp3) is 0.479. The molecule has 3 aliphatic heterocycles. The fourth-order valence-corrected chi connectivity index (χ4v) is 13.4. The van der Waals surface area contributed by atoms with Gasteiger partial charge in [-0.2, -0.15) is 4.58 Å². The van der Waals surface area contributed by atoms with E-state index in [2.05, 4.69) is 40.5 Å². The number of unbranched alkanes of at least 4 members (excludes halogenated alkanes) is 4. The number of phosphoric ester groups is 1. The maximum Gasteiger partial charge on any atom is 0.330 e. The summed E-state index contributed by atoms with van der Waals surface area (Å²) in [6.07, 6.45) is 5.30. The summed E-state index contributed by atoms with van der Waals surface area (Å²) in [5.41, 5.74) is 0.801. The number of amides is 2. The minimum absolute atomic E-state index is 0.125. The first-order chi connectivity index (χ1) is 37.5. The molecular formula is C48H58N6O22P3S2-5. The Kier molecular flexibility index (Phi) is 20.6. The molecule has 0 aliphatic carbocycles. The zero-order valence-corrected chi connectivity index (χ0v) is 48.5. The quantitative estimate of drug-likeness (QED) is 0.0294. The van der Waals surface area contributed by atoms with Crippen molar-refractivity contribution in [2.24, 2.45) is 0 Å². The van der Waals surface area contributed by atoms with Gasteiger partial charge in [-0.15, -0.1) is 0 Å². The van der Waals surface area contributed by atoms with E-state index in [1.807, 2.05) is 62.5 Å². The van der Waals surface area contributed by atoms with Gasteiger partial charge in [0, 0.05) is 66.6 Å². The van der Waals surface area contributed by atoms with E-state index in [-0.39, 0.29) is 46.6 Å². The zero-order chi connectivity index (χ0) is 60.1. The molecule has 81 heavy (non-hydrogen) atoms. The second-order valence-electron chi connectivity index (χ2n) is 20.0. The van der Waals surface area contributed by atoms with Gasteiger partial charge in [-0.05, 0) is 87.9 Å². The van der Waals surface area contributed by atoms with Crippen LogP contribution in [0.15, 0.2) is 85.9 Å². The van der Waals surface area contributed by atoms with Gasteiger partial charge in [0.25, 0.3) is 29.0 Å². The van der Waals surface area contributed by atoms with E-state index in [0.29, 0.717) is 62.7 Å². The van der Waals surface area contributed by atoms with Gasteiger partial charge in [-0.25, -0.2) is 30.3 Å². The Morgan fingerprint density at radius 1 is 0.877 bits per heavy atom. The van der Waals surface area contributed by atoms with Crippen LogP contribution in [0.5, 0.6) is 0 Å². The number of hydrogen-bond acceptors (Lipinski definition) is 22. The first-order valence-electron chi connectivity index (χ1n) is 24.9. The maximum absolute atomic E-state index is 12.7. The summed E-state index contributed by atoms with van der Waals surface area (Å²) in [5, 5.41) is 18.0. The van der Waals surface area contributed by atoms with E-state index in [0.717, 1.165) is 33.5 Å². The third-order valence-corrected chi connectivity index (χ3v) is 18.9. The number of hydrogen-bond donors (Lipinski definition) is 4. The Morgan fingerprint density at radius 2 is 1.49 bits per heavy atom. The summed E-state index contributed by atoms with van der Waals surface area (Å²) in [7, 11) is -25.7. The predicted octanol–water partition coefficient (Wildman–Crippen LogP) is 0.457. The van der Waals surface area contributed by atoms with Gasteiger partial charge in [-0.1, -0.05) is 50.7 Å². The van der Waals surface area contributed by atoms with Crippen LogP contribution in [0, 0.1) is 11.8 Å². The zero-order valence-electron chi connectivity index (χ0n) is 44.2. The molecule has 0 spiro atoms. The largest absolute Gasteiger partial charge is 0.850 e. The molecule has 4 N–H and O–H groups in total. The summed E-state index contributed by atoms with van der Waals surface area (Å²) in [6, 6.07) is 8.60. The van der Waals surface area contributed by atoms with Crippen LogP contribution in [0.3, 0.4) is 0 Å². The molecular weight excluding hydrogens is 1170 g/mol. The Labute approximate surface area is 465 Å². The number of aromatic nitrogens is 2. The normalized spacial score (nSPS) is 21.2. The van der Waals surface area contributed by atoms with Crippen molar-refractivity contribution in [1.29, 1.82) is 0 Å². The molecule has 2 aromatic carbocycles. The highest BCUT2D eigenvalue weighted by Crippen LogP contribution is 2.61. The molecule has 3 unspecified atom stereocenters. The highest BCUT2D eigenvalue weighted by molar-refractivity contribution is 7.86. The Morgan fingerprint density at radius 3 is 2.14 bits per heavy atom. The van der Waals surface area contributed by atoms with Crippen LogP contribution in [-0.2, 0) is 72.2 Å². The van der Waals surface area contributed by atoms with E-state index < -0.39 is 97.2 Å². The van der Waals surface area contributed by atoms with Crippen LogP contribution in [0.2, 0.25) is 0 Å². The van der Waals surface area contributed by atoms with E-state index in [1.54, 1.807) is 12.1 Å². The van der Waals surface area contributed by atoms with E-state index in [1.165, 1.54) is 24.3 Å². The summed E-state index contributed by atoms with van der Waals surface area (Å²) in [6.45, 7) is 7.22. The molecule has 0 bridgehead atoms. The lowest BCUT2D eigenvalue weighted by molar-refractivity contribution is -0.428. The smallest absolute Gasteiger partial charge is 0.330 e. The molecule has 2 amide bonds. The number of benzene rings is 2. The Bertz CT molecular complexity index is 3600. The molecule has 1 aromatic heterocycles. The summed E-state index contributed by atoms with van der Waals surface area (Å²) in [4.78, 5) is 96.0. The average molecular weight is 1230 g/mol. The van der Waals surface area contributed by atoms with E-state index in [9.17, 15) is 78.6 Å². The van der Waals surface area contributed by atoms with Crippen LogP contribution in [0.4, 0.5) is 11.4 Å². The molecule has 6 atom stereocenters. The molecule has 3 aromatic rings. The van der Waals surface area contributed by atoms with Crippen molar-refractivity contribution in [3.63, 3.8) is 0 Å². The van der Waals surface area contributed by atoms with Crippen molar-refractivity contribution < 1.29 is 96.4 Å². The van der Waals surface area contributed by atoms with Gasteiger partial charge in [0.05, 0.1) is 34.5 Å². The van der Waals surface area contributed by atoms with E-state index >= 15 is 0 Å². The number of carbonyl (C=O) groups is 2. The van der Waals surface area contributed by atoms with Crippen LogP contribution in [0.1, 0.15) is 108 Å². The van der Waals surface area contributed by atoms with Crippen molar-refractivity contribution in [3.05, 3.63) is 104 Å². The van der Waals surface area contributed by atoms with Gasteiger partial charge in [0.1, 0.15) is 39.1 Å². The maximum atomic E-state index is 12.7. The average Bonchev–Trinajstić information content (AvgIpc) is 3.88. The number of nitrogens with zero attached hydrogens (tertiary/aromatic N) is 3. The number of allylic oxidation sites excluding steroid dienone is 4. The molecule has 0 radical (unpaired) electrons. The minimum atomic E-state index is -6.19. The summed E-state index contributed by atoms with van der Waals surface area (Å²) < 4.78 is 125. The third kappa shape index (κ3) is 16.9. The van der Waals surface area contributed by atoms with Crippen LogP contribution in [0.25, 0.3) is 0 Å². The van der Waals surface area contributed by atoms with E-state index in [4.69, 9.17) is 9.63 Å². The lowest BCUT2D eigenvalue weighted by atomic mass is 9.81.